The first-order valence-corrected chi connectivity index (χ1v) is 5.14. The van der Waals surface area contributed by atoms with Crippen LogP contribution in [0.5, 0.6) is 0 Å². The lowest BCUT2D eigenvalue weighted by Gasteiger charge is -2.26. The van der Waals surface area contributed by atoms with Gasteiger partial charge in [0, 0.05) is 5.69 Å². The Bertz CT molecular complexity index is 420. The number of nitrogens with one attached hydrogen (secondary N) is 1. The molecule has 1 rings (SSSR count). The Morgan fingerprint density at radius 2 is 1.47 bits per heavy atom. The maximum Gasteiger partial charge on any atom is 0.421 e. The molecule has 1 aromatic rings. The molecule has 1 atom stereocenters. The van der Waals surface area contributed by atoms with Crippen LogP contribution in [0.25, 0.3) is 0 Å². The normalized spacial score (nSPS) is 16.0. The summed E-state index contributed by atoms with van der Waals surface area (Å²) >= 11 is 0. The van der Waals surface area contributed by atoms with Crippen LogP contribution < -0.4 is 5.32 Å². The van der Waals surface area contributed by atoms with Gasteiger partial charge in [0.25, 0.3) is 0 Å². The molecule has 0 amide bonds. The first-order valence-electron chi connectivity index (χ1n) is 5.14. The van der Waals surface area contributed by atoms with E-state index in [1.807, 2.05) is 5.32 Å². The van der Waals surface area contributed by atoms with Gasteiger partial charge in [0.2, 0.25) is 0 Å². The predicted octanol–water partition coefficient (Wildman–Crippen LogP) is 3.43. The van der Waals surface area contributed by atoms with Gasteiger partial charge in [0.05, 0.1) is 0 Å². The number of anilines is 1. The molecule has 0 bridgehead atoms. The molecule has 108 valence electrons. The molecule has 0 spiro atoms. The van der Waals surface area contributed by atoms with E-state index < -0.39 is 30.1 Å². The summed E-state index contributed by atoms with van der Waals surface area (Å²) in [5.41, 5.74) is -3.48. The molecule has 2 N–H and O–H groups in total. The predicted molar refractivity (Wildman–Crippen MR) is 56.6 cm³/mol. The molecule has 0 fully saturated rings. The van der Waals surface area contributed by atoms with Gasteiger partial charge >= 0.3 is 12.4 Å². The van der Waals surface area contributed by atoms with Gasteiger partial charge in [0.1, 0.15) is 6.54 Å². The molecule has 1 unspecified atom stereocenters. The van der Waals surface area contributed by atoms with Crippen molar-refractivity contribution in [1.82, 2.24) is 0 Å². The van der Waals surface area contributed by atoms with Gasteiger partial charge in [-0.25, -0.2) is 0 Å². The van der Waals surface area contributed by atoms with E-state index in [1.165, 1.54) is 0 Å². The standard InChI is InChI=1S/C11H11F6NO/c1-9(19,11(15,16)17)7-2-4-8(5-3-7)18-6-10(12,13)14/h2-5,18-19H,6H2,1H3. The van der Waals surface area contributed by atoms with Gasteiger partial charge in [-0.05, 0) is 24.6 Å². The zero-order valence-corrected chi connectivity index (χ0v) is 9.73. The van der Waals surface area contributed by atoms with Crippen molar-refractivity contribution < 1.29 is 31.4 Å². The third-order valence-corrected chi connectivity index (χ3v) is 2.49. The molecule has 0 saturated carbocycles. The van der Waals surface area contributed by atoms with E-state index >= 15 is 0 Å². The Kier molecular flexibility index (Phi) is 4.04. The van der Waals surface area contributed by atoms with Crippen LogP contribution >= 0.6 is 0 Å². The topological polar surface area (TPSA) is 32.3 Å². The van der Waals surface area contributed by atoms with Gasteiger partial charge in [-0.1, -0.05) is 12.1 Å². The van der Waals surface area contributed by atoms with E-state index in [9.17, 15) is 31.4 Å². The average Bonchev–Trinajstić information content (AvgIpc) is 2.24. The maximum absolute atomic E-state index is 12.5. The van der Waals surface area contributed by atoms with Gasteiger partial charge in [0.15, 0.2) is 5.60 Å². The molecule has 1 aromatic carbocycles. The number of halogens is 6. The third kappa shape index (κ3) is 4.02. The van der Waals surface area contributed by atoms with Crippen LogP contribution in [0.4, 0.5) is 32.0 Å². The van der Waals surface area contributed by atoms with Crippen LogP contribution in [-0.2, 0) is 5.60 Å². The number of hydrogen-bond acceptors (Lipinski definition) is 2. The molecule has 0 radical (unpaired) electrons. The van der Waals surface area contributed by atoms with Crippen LogP contribution in [0, 0.1) is 0 Å². The SMILES string of the molecule is CC(O)(c1ccc(NCC(F)(F)F)cc1)C(F)(F)F. The van der Waals surface area contributed by atoms with Crippen molar-refractivity contribution >= 4 is 5.69 Å². The van der Waals surface area contributed by atoms with Crippen molar-refractivity contribution in [3.8, 4) is 0 Å². The molecular formula is C11H11F6NO. The van der Waals surface area contributed by atoms with Crippen molar-refractivity contribution in [2.24, 2.45) is 0 Å². The number of aliphatic hydroxyl groups is 1. The minimum Gasteiger partial charge on any atom is -0.376 e. The lowest BCUT2D eigenvalue weighted by molar-refractivity contribution is -0.258. The Hall–Kier alpha value is -1.44. The Morgan fingerprint density at radius 1 is 1.00 bits per heavy atom. The maximum atomic E-state index is 12.5. The Morgan fingerprint density at radius 3 is 1.84 bits per heavy atom. The van der Waals surface area contributed by atoms with Crippen molar-refractivity contribution in [1.29, 1.82) is 0 Å². The number of hydrogen-bond donors (Lipinski definition) is 2. The summed E-state index contributed by atoms with van der Waals surface area (Å²) in [6, 6.07) is 3.93. The van der Waals surface area contributed by atoms with E-state index in [-0.39, 0.29) is 5.69 Å². The Balaban J connectivity index is 2.83. The summed E-state index contributed by atoms with van der Waals surface area (Å²) < 4.78 is 73.3. The highest BCUT2D eigenvalue weighted by atomic mass is 19.4. The highest BCUT2D eigenvalue weighted by Gasteiger charge is 2.51. The van der Waals surface area contributed by atoms with Crippen LogP contribution in [0.3, 0.4) is 0 Å². The van der Waals surface area contributed by atoms with E-state index in [4.69, 9.17) is 0 Å². The minimum absolute atomic E-state index is 0.0130. The number of alkyl halides is 6. The fourth-order valence-electron chi connectivity index (χ4n) is 1.28. The second kappa shape index (κ2) is 4.92. The lowest BCUT2D eigenvalue weighted by Crippen LogP contribution is -2.39. The van der Waals surface area contributed by atoms with Crippen LogP contribution in [0.15, 0.2) is 24.3 Å². The lowest BCUT2D eigenvalue weighted by atomic mass is 9.95. The molecule has 0 heterocycles. The zero-order valence-electron chi connectivity index (χ0n) is 9.73. The van der Waals surface area contributed by atoms with E-state index in [0.29, 0.717) is 6.92 Å². The molecule has 2 nitrogen and oxygen atoms in total. The molecule has 0 aliphatic heterocycles. The van der Waals surface area contributed by atoms with Gasteiger partial charge in [-0.15, -0.1) is 0 Å². The summed E-state index contributed by atoms with van der Waals surface area (Å²) in [4.78, 5) is 0. The second-order valence-electron chi connectivity index (χ2n) is 4.12. The first kappa shape index (κ1) is 15.6. The third-order valence-electron chi connectivity index (χ3n) is 2.49. The summed E-state index contributed by atoms with van der Waals surface area (Å²) in [6.45, 7) is -0.715. The fraction of sp³-hybridized carbons (Fsp3) is 0.455. The van der Waals surface area contributed by atoms with E-state index in [2.05, 4.69) is 0 Å². The zero-order chi connectivity index (χ0) is 14.9. The van der Waals surface area contributed by atoms with Crippen molar-refractivity contribution in [3.05, 3.63) is 29.8 Å². The molecule has 0 aliphatic carbocycles. The van der Waals surface area contributed by atoms with Crippen LogP contribution in [-0.4, -0.2) is 24.0 Å². The second-order valence-corrected chi connectivity index (χ2v) is 4.12. The molecular weight excluding hydrogens is 276 g/mol. The largest absolute Gasteiger partial charge is 0.421 e. The molecule has 0 aromatic heterocycles. The van der Waals surface area contributed by atoms with Gasteiger partial charge in [-0.2, -0.15) is 26.3 Å². The molecule has 8 heteroatoms. The quantitative estimate of drug-likeness (QED) is 0.835. The van der Waals surface area contributed by atoms with Crippen molar-refractivity contribution in [2.45, 2.75) is 24.9 Å². The van der Waals surface area contributed by atoms with Crippen LogP contribution in [0.2, 0.25) is 0 Å². The van der Waals surface area contributed by atoms with E-state index in [1.54, 1.807) is 0 Å². The summed E-state index contributed by atoms with van der Waals surface area (Å²) in [7, 11) is 0. The first-order chi connectivity index (χ1) is 8.43. The fourth-order valence-corrected chi connectivity index (χ4v) is 1.28. The summed E-state index contributed by atoms with van der Waals surface area (Å²) in [6.07, 6.45) is -9.29. The molecule has 0 saturated heterocycles. The minimum atomic E-state index is -4.87. The Labute approximate surface area is 105 Å². The monoisotopic (exact) mass is 287 g/mol. The highest BCUT2D eigenvalue weighted by molar-refractivity contribution is 5.46. The number of benzene rings is 1. The van der Waals surface area contributed by atoms with Gasteiger partial charge in [-0.3, -0.25) is 0 Å². The number of rotatable bonds is 3. The van der Waals surface area contributed by atoms with Gasteiger partial charge < -0.3 is 10.4 Å². The molecule has 19 heavy (non-hydrogen) atoms. The van der Waals surface area contributed by atoms with E-state index in [0.717, 1.165) is 24.3 Å². The summed E-state index contributed by atoms with van der Waals surface area (Å²) in [5.74, 6) is 0. The van der Waals surface area contributed by atoms with Crippen LogP contribution in [0.1, 0.15) is 12.5 Å². The summed E-state index contributed by atoms with van der Waals surface area (Å²) in [5, 5.41) is 11.4. The molecule has 0 aliphatic rings. The smallest absolute Gasteiger partial charge is 0.376 e. The highest BCUT2D eigenvalue weighted by Crippen LogP contribution is 2.38. The van der Waals surface area contributed by atoms with Crippen molar-refractivity contribution in [2.75, 3.05) is 11.9 Å². The van der Waals surface area contributed by atoms with Crippen molar-refractivity contribution in [3.63, 3.8) is 0 Å². The average molecular weight is 287 g/mol.